The van der Waals surface area contributed by atoms with Crippen molar-refractivity contribution in [1.29, 1.82) is 0 Å². The first-order chi connectivity index (χ1) is 10.1. The van der Waals surface area contributed by atoms with Crippen LogP contribution in [0.1, 0.15) is 41.5 Å². The lowest BCUT2D eigenvalue weighted by Gasteiger charge is -1.95. The van der Waals surface area contributed by atoms with E-state index in [0.717, 1.165) is 16.5 Å². The van der Waals surface area contributed by atoms with Crippen molar-refractivity contribution in [2.24, 2.45) is 11.0 Å². The van der Waals surface area contributed by atoms with Gasteiger partial charge in [-0.3, -0.25) is 4.79 Å². The maximum atomic E-state index is 11.7. The highest BCUT2D eigenvalue weighted by molar-refractivity contribution is 7.09. The zero-order chi connectivity index (χ0) is 14.8. The van der Waals surface area contributed by atoms with E-state index in [0.29, 0.717) is 17.6 Å². The van der Waals surface area contributed by atoms with E-state index < -0.39 is 0 Å². The Morgan fingerprint density at radius 3 is 3.10 bits per heavy atom. The van der Waals surface area contributed by atoms with Gasteiger partial charge in [0.25, 0.3) is 0 Å². The first kappa shape index (κ1) is 14.0. The van der Waals surface area contributed by atoms with Crippen LogP contribution in [0.5, 0.6) is 0 Å². The van der Waals surface area contributed by atoms with Gasteiger partial charge in [0.15, 0.2) is 0 Å². The molecule has 0 saturated heterocycles. The van der Waals surface area contributed by atoms with Gasteiger partial charge in [-0.15, -0.1) is 11.3 Å². The molecule has 0 spiro atoms. The fourth-order valence-corrected chi connectivity index (χ4v) is 2.95. The molecule has 6 heteroatoms. The standard InChI is InChI=1S/C15H17N3O2S/c1-9-5-12(9)13-4-3-11(20-13)7-16-18-14(19)6-15-17-10(2)8-21-15/h3-4,7-9,12H,5-6H2,1-2H3,(H,18,19)/b16-7-/t9-,12-/m0/s1. The average Bonchev–Trinajstić information content (AvgIpc) is 2.85. The van der Waals surface area contributed by atoms with Crippen molar-refractivity contribution >= 4 is 23.5 Å². The van der Waals surface area contributed by atoms with Crippen molar-refractivity contribution < 1.29 is 9.21 Å². The van der Waals surface area contributed by atoms with E-state index in [1.54, 1.807) is 0 Å². The zero-order valence-corrected chi connectivity index (χ0v) is 12.8. The predicted molar refractivity (Wildman–Crippen MR) is 81.5 cm³/mol. The first-order valence-electron chi connectivity index (χ1n) is 6.94. The molecule has 21 heavy (non-hydrogen) atoms. The Hall–Kier alpha value is -1.95. The monoisotopic (exact) mass is 303 g/mol. The smallest absolute Gasteiger partial charge is 0.246 e. The number of hydrazone groups is 1. The van der Waals surface area contributed by atoms with Crippen LogP contribution >= 0.6 is 11.3 Å². The lowest BCUT2D eigenvalue weighted by Crippen LogP contribution is -2.19. The summed E-state index contributed by atoms with van der Waals surface area (Å²) in [6.45, 7) is 4.12. The largest absolute Gasteiger partial charge is 0.460 e. The minimum Gasteiger partial charge on any atom is -0.460 e. The Kier molecular flexibility index (Phi) is 3.88. The van der Waals surface area contributed by atoms with Crippen LogP contribution in [0.4, 0.5) is 0 Å². The summed E-state index contributed by atoms with van der Waals surface area (Å²) in [6.07, 6.45) is 2.97. The Balaban J connectivity index is 1.49. The van der Waals surface area contributed by atoms with Gasteiger partial charge in [-0.05, 0) is 31.4 Å². The molecule has 0 aliphatic heterocycles. The van der Waals surface area contributed by atoms with Crippen LogP contribution in [-0.2, 0) is 11.2 Å². The fraction of sp³-hybridized carbons (Fsp3) is 0.400. The maximum Gasteiger partial charge on any atom is 0.246 e. The molecular weight excluding hydrogens is 286 g/mol. The lowest BCUT2D eigenvalue weighted by molar-refractivity contribution is -0.120. The van der Waals surface area contributed by atoms with E-state index >= 15 is 0 Å². The molecule has 1 saturated carbocycles. The number of nitrogens with one attached hydrogen (secondary N) is 1. The highest BCUT2D eigenvalue weighted by atomic mass is 32.1. The second-order valence-corrected chi connectivity index (χ2v) is 6.35. The number of thiazole rings is 1. The molecule has 2 aromatic rings. The van der Waals surface area contributed by atoms with E-state index in [2.05, 4.69) is 22.4 Å². The Bertz CT molecular complexity index is 674. The summed E-state index contributed by atoms with van der Waals surface area (Å²) < 4.78 is 5.67. The van der Waals surface area contributed by atoms with Crippen LogP contribution in [0.15, 0.2) is 27.0 Å². The number of nitrogens with zero attached hydrogens (tertiary/aromatic N) is 2. The third kappa shape index (κ3) is 3.58. The topological polar surface area (TPSA) is 67.5 Å². The summed E-state index contributed by atoms with van der Waals surface area (Å²) in [5.74, 6) is 2.75. The highest BCUT2D eigenvalue weighted by Gasteiger charge is 2.36. The quantitative estimate of drug-likeness (QED) is 0.682. The molecule has 5 nitrogen and oxygen atoms in total. The van der Waals surface area contributed by atoms with Crippen molar-refractivity contribution in [1.82, 2.24) is 10.4 Å². The Morgan fingerprint density at radius 2 is 2.43 bits per heavy atom. The van der Waals surface area contributed by atoms with Gasteiger partial charge in [0.05, 0.1) is 12.6 Å². The normalized spacial score (nSPS) is 20.9. The molecular formula is C15H17N3O2S. The van der Waals surface area contributed by atoms with Crippen LogP contribution in [-0.4, -0.2) is 17.1 Å². The molecule has 110 valence electrons. The highest BCUT2D eigenvalue weighted by Crippen LogP contribution is 2.47. The number of aromatic nitrogens is 1. The molecule has 3 rings (SSSR count). The van der Waals surface area contributed by atoms with E-state index in [1.807, 2.05) is 24.4 Å². The summed E-state index contributed by atoms with van der Waals surface area (Å²) in [5.41, 5.74) is 3.42. The van der Waals surface area contributed by atoms with Crippen molar-refractivity contribution in [3.8, 4) is 0 Å². The van der Waals surface area contributed by atoms with Crippen molar-refractivity contribution in [3.05, 3.63) is 39.7 Å². The van der Waals surface area contributed by atoms with Gasteiger partial charge in [0, 0.05) is 17.0 Å². The zero-order valence-electron chi connectivity index (χ0n) is 12.0. The summed E-state index contributed by atoms with van der Waals surface area (Å²) in [6, 6.07) is 3.86. The van der Waals surface area contributed by atoms with Gasteiger partial charge >= 0.3 is 0 Å². The molecule has 2 aromatic heterocycles. The van der Waals surface area contributed by atoms with E-state index in [9.17, 15) is 4.79 Å². The SMILES string of the molecule is Cc1csc(CC(=O)N/N=C\c2ccc([C@H]3C[C@@H]3C)o2)n1. The van der Waals surface area contributed by atoms with Gasteiger partial charge < -0.3 is 4.42 Å². The number of amides is 1. The number of rotatable bonds is 5. The number of carbonyl (C=O) groups excluding carboxylic acids is 1. The molecule has 2 atom stereocenters. The number of hydrogen-bond donors (Lipinski definition) is 1. The molecule has 0 radical (unpaired) electrons. The van der Waals surface area contributed by atoms with Crippen molar-refractivity contribution in [2.75, 3.05) is 0 Å². The fourth-order valence-electron chi connectivity index (χ4n) is 2.18. The molecule has 1 aliphatic carbocycles. The van der Waals surface area contributed by atoms with Crippen molar-refractivity contribution in [2.45, 2.75) is 32.6 Å². The third-order valence-electron chi connectivity index (χ3n) is 3.48. The van der Waals surface area contributed by atoms with E-state index in [4.69, 9.17) is 4.42 Å². The summed E-state index contributed by atoms with van der Waals surface area (Å²) in [5, 5.41) is 6.64. The number of aryl methyl sites for hydroxylation is 1. The minimum atomic E-state index is -0.178. The number of carbonyl (C=O) groups is 1. The molecule has 2 heterocycles. The average molecular weight is 303 g/mol. The van der Waals surface area contributed by atoms with Crippen LogP contribution in [0.25, 0.3) is 0 Å². The predicted octanol–water partition coefficient (Wildman–Crippen LogP) is 2.86. The molecule has 0 bridgehead atoms. The Morgan fingerprint density at radius 1 is 1.62 bits per heavy atom. The second kappa shape index (κ2) is 5.81. The minimum absolute atomic E-state index is 0.178. The van der Waals surface area contributed by atoms with E-state index in [-0.39, 0.29) is 12.3 Å². The lowest BCUT2D eigenvalue weighted by atomic mass is 10.3. The van der Waals surface area contributed by atoms with Crippen molar-refractivity contribution in [3.63, 3.8) is 0 Å². The molecule has 0 unspecified atom stereocenters. The maximum absolute atomic E-state index is 11.7. The second-order valence-electron chi connectivity index (χ2n) is 5.41. The summed E-state index contributed by atoms with van der Waals surface area (Å²) in [7, 11) is 0. The molecule has 1 fully saturated rings. The number of furan rings is 1. The van der Waals surface area contributed by atoms with Gasteiger partial charge in [-0.1, -0.05) is 6.92 Å². The third-order valence-corrected chi connectivity index (χ3v) is 4.45. The summed E-state index contributed by atoms with van der Waals surface area (Å²) >= 11 is 1.48. The van der Waals surface area contributed by atoms with Crippen LogP contribution in [0.3, 0.4) is 0 Å². The van der Waals surface area contributed by atoms with Gasteiger partial charge in [-0.25, -0.2) is 10.4 Å². The van der Waals surface area contributed by atoms with E-state index in [1.165, 1.54) is 24.0 Å². The summed E-state index contributed by atoms with van der Waals surface area (Å²) in [4.78, 5) is 15.9. The first-order valence-corrected chi connectivity index (χ1v) is 7.82. The molecule has 1 amide bonds. The van der Waals surface area contributed by atoms with Gasteiger partial charge in [0.1, 0.15) is 16.5 Å². The molecule has 1 N–H and O–H groups in total. The van der Waals surface area contributed by atoms with Crippen LogP contribution < -0.4 is 5.43 Å². The number of hydrogen-bond acceptors (Lipinski definition) is 5. The van der Waals surface area contributed by atoms with Gasteiger partial charge in [0.2, 0.25) is 5.91 Å². The Labute approximate surface area is 127 Å². The van der Waals surface area contributed by atoms with Gasteiger partial charge in [-0.2, -0.15) is 5.10 Å². The van der Waals surface area contributed by atoms with Crippen LogP contribution in [0.2, 0.25) is 0 Å². The molecule has 1 aliphatic rings. The molecule has 0 aromatic carbocycles. The van der Waals surface area contributed by atoms with Crippen LogP contribution in [0, 0.1) is 12.8 Å².